The van der Waals surface area contributed by atoms with E-state index in [4.69, 9.17) is 0 Å². The quantitative estimate of drug-likeness (QED) is 0.836. The summed E-state index contributed by atoms with van der Waals surface area (Å²) in [6.45, 7) is 3.93. The van der Waals surface area contributed by atoms with Crippen LogP contribution in [-0.2, 0) is 4.79 Å². The van der Waals surface area contributed by atoms with Gasteiger partial charge in [-0.15, -0.1) is 0 Å². The molecule has 2 aromatic rings. The second-order valence-corrected chi connectivity index (χ2v) is 6.77. The zero-order valence-electron chi connectivity index (χ0n) is 12.0. The van der Waals surface area contributed by atoms with Crippen molar-refractivity contribution in [1.82, 2.24) is 0 Å². The molecule has 1 unspecified atom stereocenters. The number of nitrogens with one attached hydrogen (secondary N) is 2. The van der Waals surface area contributed by atoms with Crippen LogP contribution in [-0.4, -0.2) is 5.91 Å². The Hall–Kier alpha value is -1.81. The van der Waals surface area contributed by atoms with Gasteiger partial charge in [0.05, 0.1) is 11.5 Å². The molecule has 0 saturated carbocycles. The first-order valence-corrected chi connectivity index (χ1v) is 7.70. The molecule has 2 N–H and O–H groups in total. The summed E-state index contributed by atoms with van der Waals surface area (Å²) in [4.78, 5) is 12.4. The summed E-state index contributed by atoms with van der Waals surface area (Å²) < 4.78 is 1.01. The number of anilines is 2. The first-order valence-electron chi connectivity index (χ1n) is 6.91. The molecule has 4 heteroatoms. The van der Waals surface area contributed by atoms with Gasteiger partial charge in [-0.1, -0.05) is 40.2 Å². The zero-order chi connectivity index (χ0) is 15.0. The summed E-state index contributed by atoms with van der Waals surface area (Å²) in [6.07, 6.45) is 0. The van der Waals surface area contributed by atoms with Gasteiger partial charge < -0.3 is 10.6 Å². The molecule has 108 valence electrons. The zero-order valence-corrected chi connectivity index (χ0v) is 13.6. The smallest absolute Gasteiger partial charge is 0.232 e. The molecule has 1 amide bonds. The molecule has 21 heavy (non-hydrogen) atoms. The number of benzene rings is 2. The van der Waals surface area contributed by atoms with Gasteiger partial charge in [0, 0.05) is 15.8 Å². The highest BCUT2D eigenvalue weighted by Crippen LogP contribution is 2.44. The Morgan fingerprint density at radius 3 is 2.67 bits per heavy atom. The summed E-state index contributed by atoms with van der Waals surface area (Å²) in [5.41, 5.74) is 2.46. The van der Waals surface area contributed by atoms with Crippen molar-refractivity contribution in [2.45, 2.75) is 19.9 Å². The Labute approximate surface area is 132 Å². The van der Waals surface area contributed by atoms with Crippen molar-refractivity contribution < 1.29 is 4.79 Å². The van der Waals surface area contributed by atoms with Gasteiger partial charge in [-0.25, -0.2) is 0 Å². The molecular formula is C17H17BrN2O. The van der Waals surface area contributed by atoms with E-state index in [1.54, 1.807) is 0 Å². The summed E-state index contributed by atoms with van der Waals surface area (Å²) in [5, 5.41) is 6.50. The van der Waals surface area contributed by atoms with Crippen molar-refractivity contribution in [1.29, 1.82) is 0 Å². The molecule has 1 heterocycles. The summed E-state index contributed by atoms with van der Waals surface area (Å²) in [7, 11) is 0. The van der Waals surface area contributed by atoms with Gasteiger partial charge in [-0.05, 0) is 43.7 Å². The van der Waals surface area contributed by atoms with Gasteiger partial charge in [0.15, 0.2) is 0 Å². The molecule has 2 aromatic carbocycles. The molecule has 3 rings (SSSR count). The fourth-order valence-corrected chi connectivity index (χ4v) is 3.07. The summed E-state index contributed by atoms with van der Waals surface area (Å²) >= 11 is 3.48. The molecule has 0 radical (unpaired) electrons. The van der Waals surface area contributed by atoms with Gasteiger partial charge in [0.1, 0.15) is 0 Å². The molecule has 0 aromatic heterocycles. The predicted octanol–water partition coefficient (Wildman–Crippen LogP) is 4.58. The van der Waals surface area contributed by atoms with Crippen LogP contribution in [0, 0.1) is 5.41 Å². The van der Waals surface area contributed by atoms with Crippen LogP contribution in [0.1, 0.15) is 25.5 Å². The molecule has 3 nitrogen and oxygen atoms in total. The monoisotopic (exact) mass is 344 g/mol. The number of amides is 1. The number of halogens is 1. The molecule has 1 atom stereocenters. The first kappa shape index (κ1) is 14.1. The van der Waals surface area contributed by atoms with E-state index >= 15 is 0 Å². The average molecular weight is 345 g/mol. The van der Waals surface area contributed by atoms with Crippen molar-refractivity contribution in [2.75, 3.05) is 10.6 Å². The Morgan fingerprint density at radius 2 is 1.90 bits per heavy atom. The lowest BCUT2D eigenvalue weighted by atomic mass is 9.76. The van der Waals surface area contributed by atoms with Crippen LogP contribution >= 0.6 is 15.9 Å². The molecule has 0 saturated heterocycles. The van der Waals surface area contributed by atoms with Crippen molar-refractivity contribution in [3.8, 4) is 0 Å². The highest BCUT2D eigenvalue weighted by Gasteiger charge is 2.42. The van der Waals surface area contributed by atoms with Crippen LogP contribution < -0.4 is 10.6 Å². The van der Waals surface area contributed by atoms with Crippen molar-refractivity contribution >= 4 is 33.2 Å². The third-order valence-electron chi connectivity index (χ3n) is 3.96. The number of para-hydroxylation sites is 1. The number of hydrogen-bond donors (Lipinski definition) is 2. The van der Waals surface area contributed by atoms with E-state index in [0.29, 0.717) is 0 Å². The minimum Gasteiger partial charge on any atom is -0.377 e. The molecule has 0 bridgehead atoms. The SMILES string of the molecule is CC1(C)C(=O)Nc2ccccc2C1Nc1cccc(Br)c1. The predicted molar refractivity (Wildman–Crippen MR) is 89.4 cm³/mol. The third-order valence-corrected chi connectivity index (χ3v) is 4.46. The number of carbonyl (C=O) groups is 1. The van der Waals surface area contributed by atoms with Crippen molar-refractivity contribution in [3.05, 3.63) is 58.6 Å². The lowest BCUT2D eigenvalue weighted by Gasteiger charge is -2.39. The molecule has 0 fully saturated rings. The fourth-order valence-electron chi connectivity index (χ4n) is 2.67. The third kappa shape index (κ3) is 2.56. The van der Waals surface area contributed by atoms with Gasteiger partial charge in [-0.2, -0.15) is 0 Å². The second kappa shape index (κ2) is 5.19. The normalized spacial score (nSPS) is 19.6. The number of fused-ring (bicyclic) bond motifs is 1. The minimum atomic E-state index is -0.531. The standard InChI is InChI=1S/C17H17BrN2O/c1-17(2)15(19-12-7-5-6-11(18)10-12)13-8-3-4-9-14(13)20-16(17)21/h3-10,15,19H,1-2H3,(H,20,21). The van der Waals surface area contributed by atoms with Crippen LogP contribution in [0.5, 0.6) is 0 Å². The maximum atomic E-state index is 12.4. The summed E-state index contributed by atoms with van der Waals surface area (Å²) in [6, 6.07) is 15.9. The minimum absolute atomic E-state index is 0.0358. The van der Waals surface area contributed by atoms with Crippen molar-refractivity contribution in [3.63, 3.8) is 0 Å². The van der Waals surface area contributed by atoms with Gasteiger partial charge in [0.2, 0.25) is 5.91 Å². The fraction of sp³-hybridized carbons (Fsp3) is 0.235. The van der Waals surface area contributed by atoms with E-state index in [9.17, 15) is 4.79 Å². The first-order chi connectivity index (χ1) is 9.98. The van der Waals surface area contributed by atoms with Crippen molar-refractivity contribution in [2.24, 2.45) is 5.41 Å². The van der Waals surface area contributed by atoms with E-state index in [1.807, 2.05) is 56.3 Å². The number of carbonyl (C=O) groups excluding carboxylic acids is 1. The molecular weight excluding hydrogens is 328 g/mol. The van der Waals surface area contributed by atoms with E-state index in [2.05, 4.69) is 32.6 Å². The van der Waals surface area contributed by atoms with Crippen LogP contribution in [0.15, 0.2) is 53.0 Å². The van der Waals surface area contributed by atoms with Crippen LogP contribution in [0.4, 0.5) is 11.4 Å². The van der Waals surface area contributed by atoms with Crippen LogP contribution in [0.3, 0.4) is 0 Å². The topological polar surface area (TPSA) is 41.1 Å². The van der Waals surface area contributed by atoms with E-state index in [1.165, 1.54) is 0 Å². The maximum Gasteiger partial charge on any atom is 0.232 e. The Morgan fingerprint density at radius 1 is 1.14 bits per heavy atom. The van der Waals surface area contributed by atoms with E-state index < -0.39 is 5.41 Å². The van der Waals surface area contributed by atoms with Crippen LogP contribution in [0.2, 0.25) is 0 Å². The number of rotatable bonds is 2. The lowest BCUT2D eigenvalue weighted by molar-refractivity contribution is -0.125. The van der Waals surface area contributed by atoms with Gasteiger partial charge in [0.25, 0.3) is 0 Å². The van der Waals surface area contributed by atoms with Gasteiger partial charge >= 0.3 is 0 Å². The van der Waals surface area contributed by atoms with Gasteiger partial charge in [-0.3, -0.25) is 4.79 Å². The second-order valence-electron chi connectivity index (χ2n) is 5.85. The van der Waals surface area contributed by atoms with E-state index in [0.717, 1.165) is 21.4 Å². The molecule has 1 aliphatic heterocycles. The molecule has 0 aliphatic carbocycles. The maximum absolute atomic E-state index is 12.4. The average Bonchev–Trinajstić information content (AvgIpc) is 2.44. The number of hydrogen-bond acceptors (Lipinski definition) is 2. The Kier molecular flexibility index (Phi) is 3.49. The van der Waals surface area contributed by atoms with E-state index in [-0.39, 0.29) is 11.9 Å². The molecule has 0 spiro atoms. The Balaban J connectivity index is 2.04. The largest absolute Gasteiger partial charge is 0.377 e. The van der Waals surface area contributed by atoms with Crippen LogP contribution in [0.25, 0.3) is 0 Å². The lowest BCUT2D eigenvalue weighted by Crippen LogP contribution is -2.43. The summed E-state index contributed by atoms with van der Waals surface area (Å²) in [5.74, 6) is 0.0358. The molecule has 1 aliphatic rings. The Bertz CT molecular complexity index is 697. The highest BCUT2D eigenvalue weighted by molar-refractivity contribution is 9.10. The highest BCUT2D eigenvalue weighted by atomic mass is 79.9.